The van der Waals surface area contributed by atoms with Crippen molar-refractivity contribution < 1.29 is 51.2 Å². The number of nitrogens with one attached hydrogen (secondary N) is 2. The van der Waals surface area contributed by atoms with Gasteiger partial charge < -0.3 is 47.9 Å². The fourth-order valence-electron chi connectivity index (χ4n) is 7.71. The maximum absolute atomic E-state index is 13.5. The van der Waals surface area contributed by atoms with Crippen molar-refractivity contribution in [3.63, 3.8) is 0 Å². The number of furan rings is 2. The molecule has 64 heavy (non-hydrogen) atoms. The molecular weight excluding hydrogens is 850 g/mol. The molecule has 2 amide bonds. The molecule has 0 aliphatic heterocycles. The maximum Gasteiger partial charge on any atom is 0.315 e. The molecule has 6 aromatic rings. The fraction of sp³-hybridized carbons (Fsp3) is 0.348. The zero-order valence-corrected chi connectivity index (χ0v) is 37.8. The topological polar surface area (TPSA) is 191 Å². The molecule has 2 aliphatic carbocycles. The van der Waals surface area contributed by atoms with Crippen LogP contribution in [-0.2, 0) is 23.7 Å². The van der Waals surface area contributed by atoms with Gasteiger partial charge in [-0.15, -0.1) is 0 Å². The maximum atomic E-state index is 13.5. The Kier molecular flexibility index (Phi) is 12.8. The van der Waals surface area contributed by atoms with E-state index in [2.05, 4.69) is 76.5 Å². The normalized spacial score (nSPS) is 14.1. The Morgan fingerprint density at radius 1 is 0.625 bits per heavy atom. The summed E-state index contributed by atoms with van der Waals surface area (Å²) in [5, 5.41) is 5.09. The number of rotatable bonds is 12. The molecule has 0 radical (unpaired) electrons. The smallest absolute Gasteiger partial charge is 0.315 e. The van der Waals surface area contributed by atoms with Crippen LogP contribution in [0.15, 0.2) is 57.4 Å². The van der Waals surface area contributed by atoms with Crippen LogP contribution in [-0.4, -0.2) is 60.2 Å². The van der Waals surface area contributed by atoms with Gasteiger partial charge in [0.25, 0.3) is 23.7 Å². The lowest BCUT2D eigenvalue weighted by molar-refractivity contribution is 0.0984. The molecule has 336 valence electrons. The molecule has 18 heteroatoms. The zero-order chi connectivity index (χ0) is 46.1. The van der Waals surface area contributed by atoms with Gasteiger partial charge in [0.1, 0.15) is 11.5 Å². The van der Waals surface area contributed by atoms with Crippen molar-refractivity contribution in [1.29, 1.82) is 0 Å². The number of fused-ring (bicyclic) bond motifs is 2. The summed E-state index contributed by atoms with van der Waals surface area (Å²) in [6.07, 6.45) is 3.27. The Labute approximate surface area is 373 Å². The van der Waals surface area contributed by atoms with Gasteiger partial charge in [-0.1, -0.05) is 39.8 Å². The minimum Gasteiger partial charge on any atom is -0.479 e. The molecule has 0 bridgehead atoms. The second-order valence-corrected chi connectivity index (χ2v) is 16.8. The number of benzene rings is 2. The van der Waals surface area contributed by atoms with Gasteiger partial charge in [0.15, 0.2) is 22.9 Å². The third-order valence-electron chi connectivity index (χ3n) is 11.2. The van der Waals surface area contributed by atoms with E-state index in [0.29, 0.717) is 11.5 Å². The van der Waals surface area contributed by atoms with Crippen LogP contribution in [0, 0.1) is 19.9 Å². The standard InChI is InChI=1S/C23H24ClN3O5.C23H24FN3O5/c2*1-12-10-13-8-9-23(2,3)14(13)11-16(12)32-17-7-6-15(31-17)19(28)25-18-20(29-4)26-22(24)27-21(18)30-5/h2*6-7,10-11H,8-9H2,1-5H3,(H,25,28)/i;24-1. The Balaban J connectivity index is 0.000000191. The summed E-state index contributed by atoms with van der Waals surface area (Å²) < 4.78 is 57.0. The second-order valence-electron chi connectivity index (χ2n) is 16.4. The Hall–Kier alpha value is -6.88. The summed E-state index contributed by atoms with van der Waals surface area (Å²) in [6.45, 7) is 12.9. The van der Waals surface area contributed by atoms with E-state index < -0.39 is 17.9 Å². The van der Waals surface area contributed by atoms with Crippen LogP contribution in [0.3, 0.4) is 0 Å². The SMILES string of the molecule is COc1nc(Cl)nc(OC)c1NC(=O)c1ccc(Oc2cc3c(cc2C)CCC3(C)C)o1.COc1nc([18F])nc(OC)c1NC(=O)c1ccc(Oc2cc3c(cc2C)CCC3(C)C)o1. The lowest BCUT2D eigenvalue weighted by Crippen LogP contribution is -2.14. The van der Waals surface area contributed by atoms with Crippen molar-refractivity contribution in [2.24, 2.45) is 0 Å². The van der Waals surface area contributed by atoms with E-state index in [9.17, 15) is 14.0 Å². The third-order valence-corrected chi connectivity index (χ3v) is 11.4. The molecule has 2 N–H and O–H groups in total. The van der Waals surface area contributed by atoms with Gasteiger partial charge in [-0.25, -0.2) is 0 Å². The first kappa shape index (κ1) is 45.2. The number of anilines is 2. The summed E-state index contributed by atoms with van der Waals surface area (Å²) >= 11 is 5.85. The van der Waals surface area contributed by atoms with Gasteiger partial charge in [-0.2, -0.15) is 24.3 Å². The number of nitrogens with zero attached hydrogens (tertiary/aromatic N) is 4. The quantitative estimate of drug-likeness (QED) is 0.110. The summed E-state index contributed by atoms with van der Waals surface area (Å²) in [7, 11) is 5.37. The predicted molar refractivity (Wildman–Crippen MR) is 234 cm³/mol. The third kappa shape index (κ3) is 9.39. The molecule has 0 saturated heterocycles. The summed E-state index contributed by atoms with van der Waals surface area (Å²) in [6, 6.07) is 14.6. The number of halogens is 2. The molecule has 2 aliphatic rings. The number of amides is 2. The van der Waals surface area contributed by atoms with E-state index in [1.54, 1.807) is 12.1 Å². The van der Waals surface area contributed by atoms with Crippen LogP contribution in [0.1, 0.15) is 95.0 Å². The fourth-order valence-corrected chi connectivity index (χ4v) is 7.86. The molecule has 4 heterocycles. The van der Waals surface area contributed by atoms with Crippen LogP contribution in [0.25, 0.3) is 0 Å². The van der Waals surface area contributed by atoms with Crippen molar-refractivity contribution in [1.82, 2.24) is 19.9 Å². The average molecular weight is 898 g/mol. The van der Waals surface area contributed by atoms with Crippen molar-refractivity contribution in [3.8, 4) is 46.9 Å². The van der Waals surface area contributed by atoms with Crippen LogP contribution in [0.4, 0.5) is 15.8 Å². The summed E-state index contributed by atoms with van der Waals surface area (Å²) in [5.41, 5.74) is 7.55. The highest BCUT2D eigenvalue weighted by atomic mass is 35.5. The molecule has 0 saturated carbocycles. The number of ether oxygens (including phenoxy) is 6. The van der Waals surface area contributed by atoms with E-state index in [0.717, 1.165) is 36.8 Å². The number of hydrogen-bond acceptors (Lipinski definition) is 14. The molecule has 4 aromatic heterocycles. The minimum absolute atomic E-state index is 0.0167. The number of carbonyl (C=O) groups is 2. The second kappa shape index (κ2) is 18.1. The first-order valence-corrected chi connectivity index (χ1v) is 20.6. The van der Waals surface area contributed by atoms with Crippen molar-refractivity contribution >= 4 is 34.8 Å². The van der Waals surface area contributed by atoms with Crippen molar-refractivity contribution in [2.75, 3.05) is 39.1 Å². The van der Waals surface area contributed by atoms with E-state index >= 15 is 0 Å². The minimum atomic E-state index is -1.04. The molecule has 2 aromatic carbocycles. The molecule has 0 fully saturated rings. The molecular formula is C46H48ClFN6O10. The van der Waals surface area contributed by atoms with Crippen molar-refractivity contribution in [3.05, 3.63) is 105 Å². The van der Waals surface area contributed by atoms with Gasteiger partial charge in [0, 0.05) is 12.1 Å². The highest BCUT2D eigenvalue weighted by Gasteiger charge is 2.32. The van der Waals surface area contributed by atoms with E-state index in [4.69, 9.17) is 48.9 Å². The molecule has 0 atom stereocenters. The number of hydrogen-bond donors (Lipinski definition) is 2. The van der Waals surface area contributed by atoms with Gasteiger partial charge in [-0.3, -0.25) is 9.59 Å². The van der Waals surface area contributed by atoms with Crippen LogP contribution >= 0.6 is 11.6 Å². The van der Waals surface area contributed by atoms with E-state index in [-0.39, 0.29) is 74.4 Å². The largest absolute Gasteiger partial charge is 0.479 e. The van der Waals surface area contributed by atoms with Crippen LogP contribution < -0.4 is 39.1 Å². The van der Waals surface area contributed by atoms with Gasteiger partial charge in [-0.05, 0) is 120 Å². The lowest BCUT2D eigenvalue weighted by atomic mass is 9.86. The van der Waals surface area contributed by atoms with Gasteiger partial charge in [0.05, 0.1) is 28.4 Å². The molecule has 0 unspecified atom stereocenters. The monoisotopic (exact) mass is 897 g/mol. The first-order valence-electron chi connectivity index (χ1n) is 20.2. The molecule has 16 nitrogen and oxygen atoms in total. The average Bonchev–Trinajstić information content (AvgIpc) is 4.06. The molecule has 0 spiro atoms. The van der Waals surface area contributed by atoms with Crippen LogP contribution in [0.5, 0.6) is 46.9 Å². The Morgan fingerprint density at radius 3 is 1.38 bits per heavy atom. The highest BCUT2D eigenvalue weighted by Crippen LogP contribution is 2.44. The van der Waals surface area contributed by atoms with Gasteiger partial charge in [0.2, 0.25) is 28.8 Å². The Bertz CT molecular complexity index is 2510. The highest BCUT2D eigenvalue weighted by molar-refractivity contribution is 6.28. The summed E-state index contributed by atoms with van der Waals surface area (Å²) in [4.78, 5) is 40.3. The number of aryl methyl sites for hydroxylation is 4. The zero-order valence-electron chi connectivity index (χ0n) is 37.1. The predicted octanol–water partition coefficient (Wildman–Crippen LogP) is 10.1. The van der Waals surface area contributed by atoms with Gasteiger partial charge >= 0.3 is 6.08 Å². The van der Waals surface area contributed by atoms with E-state index in [1.165, 1.54) is 62.8 Å². The van der Waals surface area contributed by atoms with E-state index in [1.807, 2.05) is 19.9 Å². The lowest BCUT2D eigenvalue weighted by Gasteiger charge is -2.20. The number of carbonyl (C=O) groups excluding carboxylic acids is 2. The molecule has 8 rings (SSSR count). The number of methoxy groups -OCH3 is 4. The first-order chi connectivity index (χ1) is 30.4. The Morgan fingerprint density at radius 2 is 1.00 bits per heavy atom. The van der Waals surface area contributed by atoms with Crippen molar-refractivity contribution in [2.45, 2.75) is 78.1 Å². The summed E-state index contributed by atoms with van der Waals surface area (Å²) in [5.74, 6) is 0.375. The number of aromatic nitrogens is 4. The van der Waals surface area contributed by atoms with Crippen LogP contribution in [0.2, 0.25) is 5.28 Å².